The number of likely N-dealkylation sites (tertiary alicyclic amines) is 1. The average Bonchev–Trinajstić information content (AvgIpc) is 3.21. The number of hydrogen-bond donors (Lipinski definition) is 0. The van der Waals surface area contributed by atoms with Gasteiger partial charge in [0.1, 0.15) is 18.2 Å². The van der Waals surface area contributed by atoms with Crippen LogP contribution >= 0.6 is 0 Å². The van der Waals surface area contributed by atoms with Crippen LogP contribution in [0.25, 0.3) is 10.8 Å². The predicted molar refractivity (Wildman–Crippen MR) is 102 cm³/mol. The molecule has 1 unspecified atom stereocenters. The van der Waals surface area contributed by atoms with Crippen molar-refractivity contribution in [3.63, 3.8) is 0 Å². The lowest BCUT2D eigenvalue weighted by Crippen LogP contribution is -2.39. The Bertz CT molecular complexity index is 946. The van der Waals surface area contributed by atoms with Gasteiger partial charge in [-0.2, -0.15) is 5.10 Å². The van der Waals surface area contributed by atoms with E-state index < -0.39 is 0 Å². The van der Waals surface area contributed by atoms with Crippen molar-refractivity contribution in [2.24, 2.45) is 0 Å². The molecule has 1 saturated heterocycles. The van der Waals surface area contributed by atoms with Crippen molar-refractivity contribution in [3.8, 4) is 0 Å². The fourth-order valence-corrected chi connectivity index (χ4v) is 3.94. The molecule has 0 aliphatic carbocycles. The molecule has 0 N–H and O–H groups in total. The number of carbonyl (C=O) groups is 1. The van der Waals surface area contributed by atoms with E-state index in [2.05, 4.69) is 52.5 Å². The molecule has 1 fully saturated rings. The van der Waals surface area contributed by atoms with Gasteiger partial charge in [-0.05, 0) is 49.4 Å². The zero-order valence-corrected chi connectivity index (χ0v) is 15.4. The highest BCUT2D eigenvalue weighted by Gasteiger charge is 2.29. The van der Waals surface area contributed by atoms with Gasteiger partial charge in [0.05, 0.1) is 0 Å². The van der Waals surface area contributed by atoms with Gasteiger partial charge < -0.3 is 4.90 Å². The van der Waals surface area contributed by atoms with Crippen LogP contribution in [0.3, 0.4) is 0 Å². The molecule has 0 bridgehead atoms. The van der Waals surface area contributed by atoms with E-state index >= 15 is 0 Å². The monoisotopic (exact) mass is 348 g/mol. The molecule has 4 rings (SSSR count). The molecule has 0 radical (unpaired) electrons. The third-order valence-electron chi connectivity index (χ3n) is 5.23. The molecule has 1 aromatic heterocycles. The lowest BCUT2D eigenvalue weighted by Gasteiger charge is -2.25. The maximum atomic E-state index is 12.8. The number of rotatable bonds is 4. The first-order chi connectivity index (χ1) is 12.6. The zero-order valence-electron chi connectivity index (χ0n) is 15.4. The molecule has 1 atom stereocenters. The number of carbonyl (C=O) groups excluding carboxylic acids is 1. The topological polar surface area (TPSA) is 51.0 Å². The lowest BCUT2D eigenvalue weighted by atomic mass is 10.0. The molecule has 5 nitrogen and oxygen atoms in total. The lowest BCUT2D eigenvalue weighted by molar-refractivity contribution is -0.132. The van der Waals surface area contributed by atoms with Crippen LogP contribution in [-0.4, -0.2) is 38.2 Å². The molecule has 2 heterocycles. The minimum Gasteiger partial charge on any atom is -0.338 e. The second-order valence-electron chi connectivity index (χ2n) is 7.13. The van der Waals surface area contributed by atoms with Crippen molar-refractivity contribution in [3.05, 3.63) is 59.7 Å². The van der Waals surface area contributed by atoms with Crippen LogP contribution in [-0.2, 0) is 17.8 Å². The van der Waals surface area contributed by atoms with Crippen molar-refractivity contribution in [2.45, 2.75) is 45.7 Å². The van der Waals surface area contributed by atoms with Crippen LogP contribution in [0.5, 0.6) is 0 Å². The Hall–Kier alpha value is -2.69. The maximum Gasteiger partial charge on any atom is 0.244 e. The zero-order chi connectivity index (χ0) is 18.1. The number of amides is 1. The van der Waals surface area contributed by atoms with Crippen LogP contribution in [0.15, 0.2) is 42.5 Å². The van der Waals surface area contributed by atoms with Crippen LogP contribution < -0.4 is 0 Å². The second kappa shape index (κ2) is 6.90. The molecule has 1 aliphatic rings. The van der Waals surface area contributed by atoms with Crippen LogP contribution in [0.2, 0.25) is 0 Å². The molecular formula is C21H24N4O. The number of aryl methyl sites for hydroxylation is 2. The number of nitrogens with zero attached hydrogens (tertiary/aromatic N) is 4. The molecule has 2 aromatic carbocycles. The first kappa shape index (κ1) is 16.8. The second-order valence-corrected chi connectivity index (χ2v) is 7.13. The molecule has 134 valence electrons. The predicted octanol–water partition coefficient (Wildman–Crippen LogP) is 3.28. The molecule has 0 spiro atoms. The third-order valence-corrected chi connectivity index (χ3v) is 5.23. The summed E-state index contributed by atoms with van der Waals surface area (Å²) in [7, 11) is 0. The van der Waals surface area contributed by atoms with Gasteiger partial charge in [-0.25, -0.2) is 9.67 Å². The Morgan fingerprint density at radius 1 is 1.15 bits per heavy atom. The van der Waals surface area contributed by atoms with Crippen molar-refractivity contribution in [2.75, 3.05) is 6.54 Å². The third kappa shape index (κ3) is 3.34. The van der Waals surface area contributed by atoms with Crippen molar-refractivity contribution in [1.82, 2.24) is 19.7 Å². The van der Waals surface area contributed by atoms with E-state index in [0.29, 0.717) is 5.82 Å². The van der Waals surface area contributed by atoms with Gasteiger partial charge in [-0.1, -0.05) is 42.5 Å². The summed E-state index contributed by atoms with van der Waals surface area (Å²) in [4.78, 5) is 19.1. The Labute approximate surface area is 153 Å². The van der Waals surface area contributed by atoms with E-state index in [-0.39, 0.29) is 18.5 Å². The van der Waals surface area contributed by atoms with E-state index in [4.69, 9.17) is 0 Å². The Kier molecular flexibility index (Phi) is 4.45. The summed E-state index contributed by atoms with van der Waals surface area (Å²) in [5, 5.41) is 6.84. The summed E-state index contributed by atoms with van der Waals surface area (Å²) >= 11 is 0. The number of aromatic nitrogens is 3. The maximum absolute atomic E-state index is 12.8. The van der Waals surface area contributed by atoms with Gasteiger partial charge in [0.15, 0.2) is 0 Å². The van der Waals surface area contributed by atoms with Gasteiger partial charge in [-0.15, -0.1) is 0 Å². The number of benzene rings is 2. The van der Waals surface area contributed by atoms with Crippen molar-refractivity contribution >= 4 is 16.7 Å². The van der Waals surface area contributed by atoms with Crippen molar-refractivity contribution in [1.29, 1.82) is 0 Å². The highest BCUT2D eigenvalue weighted by Crippen LogP contribution is 2.24. The van der Waals surface area contributed by atoms with E-state index in [1.165, 1.54) is 16.3 Å². The van der Waals surface area contributed by atoms with Crippen LogP contribution in [0, 0.1) is 13.8 Å². The van der Waals surface area contributed by atoms with E-state index in [1.54, 1.807) is 4.68 Å². The SMILES string of the molecule is Cc1nc(C)n(CC(=O)N2CCCC2Cc2ccc3ccccc3c2)n1. The Morgan fingerprint density at radius 2 is 1.96 bits per heavy atom. The minimum absolute atomic E-state index is 0.140. The first-order valence-corrected chi connectivity index (χ1v) is 9.25. The van der Waals surface area contributed by atoms with Crippen LogP contribution in [0.4, 0.5) is 0 Å². The normalized spacial score (nSPS) is 17.2. The van der Waals surface area contributed by atoms with Gasteiger partial charge in [0, 0.05) is 12.6 Å². The van der Waals surface area contributed by atoms with Gasteiger partial charge in [0.25, 0.3) is 0 Å². The van der Waals surface area contributed by atoms with E-state index in [1.807, 2.05) is 18.7 Å². The summed E-state index contributed by atoms with van der Waals surface area (Å²) in [6, 6.07) is 15.3. The highest BCUT2D eigenvalue weighted by atomic mass is 16.2. The highest BCUT2D eigenvalue weighted by molar-refractivity contribution is 5.83. The van der Waals surface area contributed by atoms with Gasteiger partial charge in [0.2, 0.25) is 5.91 Å². The van der Waals surface area contributed by atoms with E-state index in [0.717, 1.165) is 31.6 Å². The van der Waals surface area contributed by atoms with E-state index in [9.17, 15) is 4.79 Å². The molecule has 26 heavy (non-hydrogen) atoms. The summed E-state index contributed by atoms with van der Waals surface area (Å²) in [6.45, 7) is 4.86. The first-order valence-electron chi connectivity index (χ1n) is 9.25. The van der Waals surface area contributed by atoms with Gasteiger partial charge >= 0.3 is 0 Å². The molecule has 3 aromatic rings. The smallest absolute Gasteiger partial charge is 0.244 e. The summed E-state index contributed by atoms with van der Waals surface area (Å²) < 4.78 is 1.71. The molecule has 5 heteroatoms. The molecular weight excluding hydrogens is 324 g/mol. The fourth-order valence-electron chi connectivity index (χ4n) is 3.94. The minimum atomic E-state index is 0.140. The molecule has 1 aliphatic heterocycles. The van der Waals surface area contributed by atoms with Crippen molar-refractivity contribution < 1.29 is 4.79 Å². The summed E-state index contributed by atoms with van der Waals surface area (Å²) in [5.74, 6) is 1.65. The average molecular weight is 348 g/mol. The largest absolute Gasteiger partial charge is 0.338 e. The number of hydrogen-bond acceptors (Lipinski definition) is 3. The fraction of sp³-hybridized carbons (Fsp3) is 0.381. The molecule has 1 amide bonds. The number of fused-ring (bicyclic) bond motifs is 1. The van der Waals surface area contributed by atoms with Gasteiger partial charge in [-0.3, -0.25) is 4.79 Å². The molecule has 0 saturated carbocycles. The summed E-state index contributed by atoms with van der Waals surface area (Å²) in [5.41, 5.74) is 1.29. The van der Waals surface area contributed by atoms with Crippen LogP contribution in [0.1, 0.15) is 30.1 Å². The Morgan fingerprint density at radius 3 is 2.73 bits per heavy atom. The summed E-state index contributed by atoms with van der Waals surface area (Å²) in [6.07, 6.45) is 3.04. The Balaban J connectivity index is 1.48. The quantitative estimate of drug-likeness (QED) is 0.727. The standard InChI is InChI=1S/C21H24N4O/c1-15-22-16(2)25(23-15)14-21(26)24-11-5-8-20(24)13-17-9-10-18-6-3-4-7-19(18)12-17/h3-4,6-7,9-10,12,20H,5,8,11,13-14H2,1-2H3.